The number of carboxylic acids is 2. The molecule has 0 spiro atoms. The molecule has 0 aliphatic carbocycles. The Kier molecular flexibility index (Phi) is 6.93. The van der Waals surface area contributed by atoms with Gasteiger partial charge >= 0.3 is 18.1 Å². The molecule has 0 aliphatic rings. The van der Waals surface area contributed by atoms with Gasteiger partial charge in [0.05, 0.1) is 0 Å². The maximum absolute atomic E-state index is 9.77. The van der Waals surface area contributed by atoms with E-state index in [2.05, 4.69) is 0 Å². The summed E-state index contributed by atoms with van der Waals surface area (Å²) in [5.41, 5.74) is 0. The topological polar surface area (TPSA) is 173 Å². The second-order valence-electron chi connectivity index (χ2n) is 1.85. The van der Waals surface area contributed by atoms with Crippen LogP contribution >= 0.6 is 0 Å². The second-order valence-corrected chi connectivity index (χ2v) is 1.85. The average molecular weight is 212 g/mol. The van der Waals surface area contributed by atoms with Gasteiger partial charge in [0.1, 0.15) is 0 Å². The van der Waals surface area contributed by atoms with E-state index in [0.717, 1.165) is 0 Å². The Bertz CT molecular complexity index is 199. The molecule has 0 aromatic heterocycles. The van der Waals surface area contributed by atoms with Crippen LogP contribution in [0.3, 0.4) is 0 Å². The lowest BCUT2D eigenvalue weighted by Crippen LogP contribution is -2.39. The molecule has 9 nitrogen and oxygen atoms in total. The van der Waals surface area contributed by atoms with Crippen molar-refractivity contribution in [3.05, 3.63) is 0 Å². The molecule has 0 amide bonds. The van der Waals surface area contributed by atoms with Gasteiger partial charge in [-0.25, -0.2) is 14.4 Å². The number of hydrogen-bond acceptors (Lipinski definition) is 5. The number of hydrogen-bond donors (Lipinski definition) is 6. The van der Waals surface area contributed by atoms with Crippen LogP contribution < -0.4 is 0 Å². The zero-order valence-corrected chi connectivity index (χ0v) is 6.56. The van der Waals surface area contributed by atoms with E-state index in [1.54, 1.807) is 0 Å². The number of rotatable bonds is 3. The number of aliphatic carboxylic acids is 2. The zero-order chi connectivity index (χ0) is 11.9. The van der Waals surface area contributed by atoms with Crippen molar-refractivity contribution in [3.63, 3.8) is 0 Å². The van der Waals surface area contributed by atoms with Crippen LogP contribution in [0.5, 0.6) is 0 Å². The van der Waals surface area contributed by atoms with Gasteiger partial charge in [0, 0.05) is 0 Å². The monoisotopic (exact) mass is 212 g/mol. The van der Waals surface area contributed by atoms with Gasteiger partial charge in [-0.2, -0.15) is 0 Å². The summed E-state index contributed by atoms with van der Waals surface area (Å²) in [5, 5.41) is 46.5. The third kappa shape index (κ3) is 8.23. The highest BCUT2D eigenvalue weighted by atomic mass is 16.6. The van der Waals surface area contributed by atoms with Crippen molar-refractivity contribution in [1.82, 2.24) is 0 Å². The minimum atomic E-state index is -2.27. The van der Waals surface area contributed by atoms with Gasteiger partial charge in [-0.3, -0.25) is 0 Å². The van der Waals surface area contributed by atoms with Gasteiger partial charge in [0.15, 0.2) is 12.2 Å². The molecule has 2 atom stereocenters. The summed E-state index contributed by atoms with van der Waals surface area (Å²) < 4.78 is 0. The zero-order valence-electron chi connectivity index (χ0n) is 6.56. The van der Waals surface area contributed by atoms with Crippen LogP contribution in [0.4, 0.5) is 4.79 Å². The Morgan fingerprint density at radius 1 is 0.714 bits per heavy atom. The van der Waals surface area contributed by atoms with Crippen LogP contribution in [-0.4, -0.2) is 60.9 Å². The Morgan fingerprint density at radius 3 is 0.929 bits per heavy atom. The molecule has 2 unspecified atom stereocenters. The third-order valence-electron chi connectivity index (χ3n) is 0.805. The fourth-order valence-electron chi connectivity index (χ4n) is 0.270. The Hall–Kier alpha value is -1.87. The van der Waals surface area contributed by atoms with Crippen molar-refractivity contribution in [2.45, 2.75) is 12.2 Å². The highest BCUT2D eigenvalue weighted by Crippen LogP contribution is 1.92. The Labute approximate surface area is 76.5 Å². The lowest BCUT2D eigenvalue weighted by molar-refractivity contribution is -0.165. The molecule has 14 heavy (non-hydrogen) atoms. The summed E-state index contributed by atoms with van der Waals surface area (Å²) >= 11 is 0. The molecule has 0 bridgehead atoms. The van der Waals surface area contributed by atoms with Crippen molar-refractivity contribution in [2.24, 2.45) is 0 Å². The van der Waals surface area contributed by atoms with E-state index in [1.165, 1.54) is 0 Å². The molecule has 0 aromatic carbocycles. The highest BCUT2D eigenvalue weighted by Gasteiger charge is 2.29. The summed E-state index contributed by atoms with van der Waals surface area (Å²) in [5.74, 6) is -3.54. The van der Waals surface area contributed by atoms with Gasteiger partial charge in [-0.05, 0) is 0 Å². The fraction of sp³-hybridized carbons (Fsp3) is 0.400. The number of carboxylic acid groups (broad SMARTS) is 4. The van der Waals surface area contributed by atoms with Crippen molar-refractivity contribution in [3.8, 4) is 0 Å². The number of carbonyl (C=O) groups is 3. The third-order valence-corrected chi connectivity index (χ3v) is 0.805. The first-order valence-corrected chi connectivity index (χ1v) is 2.93. The summed E-state index contributed by atoms with van der Waals surface area (Å²) in [6.07, 6.45) is -6.37. The molecule has 0 saturated heterocycles. The van der Waals surface area contributed by atoms with E-state index in [4.69, 9.17) is 35.4 Å². The second kappa shape index (κ2) is 6.62. The van der Waals surface area contributed by atoms with Crippen molar-refractivity contribution < 1.29 is 45.0 Å². The molecule has 0 rings (SSSR count). The molecule has 0 aliphatic heterocycles. The Morgan fingerprint density at radius 2 is 0.857 bits per heavy atom. The first kappa shape index (κ1) is 14.6. The van der Waals surface area contributed by atoms with E-state index in [1.807, 2.05) is 0 Å². The summed E-state index contributed by atoms with van der Waals surface area (Å²) in [7, 11) is 0. The predicted molar refractivity (Wildman–Crippen MR) is 37.9 cm³/mol. The van der Waals surface area contributed by atoms with Gasteiger partial charge < -0.3 is 30.6 Å². The van der Waals surface area contributed by atoms with Crippen molar-refractivity contribution in [1.29, 1.82) is 0 Å². The van der Waals surface area contributed by atoms with Crippen molar-refractivity contribution in [2.75, 3.05) is 0 Å². The SMILES string of the molecule is O=C(O)C(O)C(O)C(=O)O.O=C(O)O. The molecule has 0 aromatic rings. The number of aliphatic hydroxyl groups excluding tert-OH is 2. The van der Waals surface area contributed by atoms with E-state index >= 15 is 0 Å². The van der Waals surface area contributed by atoms with E-state index in [0.29, 0.717) is 0 Å². The van der Waals surface area contributed by atoms with Gasteiger partial charge in [-0.15, -0.1) is 0 Å². The van der Waals surface area contributed by atoms with Gasteiger partial charge in [0.25, 0.3) is 0 Å². The molecule has 0 heterocycles. The van der Waals surface area contributed by atoms with Crippen LogP contribution in [0.2, 0.25) is 0 Å². The maximum atomic E-state index is 9.77. The highest BCUT2D eigenvalue weighted by molar-refractivity contribution is 5.83. The van der Waals surface area contributed by atoms with E-state index < -0.39 is 30.3 Å². The molecule has 0 saturated carbocycles. The van der Waals surface area contributed by atoms with E-state index in [9.17, 15) is 9.59 Å². The molecule has 9 heteroatoms. The largest absolute Gasteiger partial charge is 0.503 e. The number of aliphatic hydroxyl groups is 2. The standard InChI is InChI=1S/C4H6O6.CH2O3/c5-1(3(7)8)2(6)4(9)10;2-1(3)4/h1-2,5-6H,(H,7,8)(H,9,10);(H2,2,3,4). The van der Waals surface area contributed by atoms with E-state index in [-0.39, 0.29) is 0 Å². The fourth-order valence-corrected chi connectivity index (χ4v) is 0.270. The minimum Gasteiger partial charge on any atom is -0.479 e. The smallest absolute Gasteiger partial charge is 0.479 e. The summed E-state index contributed by atoms with van der Waals surface area (Å²) in [4.78, 5) is 28.1. The average Bonchev–Trinajstić information content (AvgIpc) is 2.00. The predicted octanol–water partition coefficient (Wildman–Crippen LogP) is -1.90. The first-order chi connectivity index (χ1) is 6.20. The molecule has 6 N–H and O–H groups in total. The molecule has 82 valence electrons. The molecule has 0 radical (unpaired) electrons. The van der Waals surface area contributed by atoms with Crippen LogP contribution in [0.25, 0.3) is 0 Å². The first-order valence-electron chi connectivity index (χ1n) is 2.93. The summed E-state index contributed by atoms with van der Waals surface area (Å²) in [6.45, 7) is 0. The molecular weight excluding hydrogens is 204 g/mol. The quantitative estimate of drug-likeness (QED) is 0.312. The Balaban J connectivity index is 0. The normalized spacial score (nSPS) is 13.0. The van der Waals surface area contributed by atoms with Gasteiger partial charge in [0.2, 0.25) is 0 Å². The van der Waals surface area contributed by atoms with Crippen LogP contribution in [0, 0.1) is 0 Å². The van der Waals surface area contributed by atoms with Crippen LogP contribution in [0.15, 0.2) is 0 Å². The molecule has 0 fully saturated rings. The van der Waals surface area contributed by atoms with Crippen molar-refractivity contribution >= 4 is 18.1 Å². The molecular formula is C5H8O9. The lowest BCUT2D eigenvalue weighted by atomic mass is 10.2. The maximum Gasteiger partial charge on any atom is 0.503 e. The minimum absolute atomic E-state index is 1.77. The van der Waals surface area contributed by atoms with Gasteiger partial charge in [-0.1, -0.05) is 0 Å². The summed E-state index contributed by atoms with van der Waals surface area (Å²) in [6, 6.07) is 0. The lowest BCUT2D eigenvalue weighted by Gasteiger charge is -2.07. The van der Waals surface area contributed by atoms with Crippen LogP contribution in [-0.2, 0) is 9.59 Å². The van der Waals surface area contributed by atoms with Crippen LogP contribution in [0.1, 0.15) is 0 Å².